The second-order valence-electron chi connectivity index (χ2n) is 9.52. The van der Waals surface area contributed by atoms with E-state index in [0.29, 0.717) is 29.4 Å². The zero-order valence-electron chi connectivity index (χ0n) is 21.8. The van der Waals surface area contributed by atoms with Crippen LogP contribution in [0.1, 0.15) is 10.4 Å². The lowest BCUT2D eigenvalue weighted by atomic mass is 10.0. The summed E-state index contributed by atoms with van der Waals surface area (Å²) in [4.78, 5) is 38.4. The van der Waals surface area contributed by atoms with Gasteiger partial charge in [-0.15, -0.1) is 0 Å². The lowest BCUT2D eigenvalue weighted by Crippen LogP contribution is -2.43. The van der Waals surface area contributed by atoms with Crippen molar-refractivity contribution in [3.63, 3.8) is 0 Å². The van der Waals surface area contributed by atoms with E-state index in [1.165, 1.54) is 30.6 Å². The van der Waals surface area contributed by atoms with Crippen molar-refractivity contribution < 1.29 is 27.2 Å². The molecule has 0 atom stereocenters. The maximum absolute atomic E-state index is 14.9. The van der Waals surface area contributed by atoms with Crippen LogP contribution in [0.15, 0.2) is 65.7 Å². The van der Waals surface area contributed by atoms with Gasteiger partial charge in [0.1, 0.15) is 34.8 Å². The monoisotopic (exact) mass is 564 g/mol. The number of benzene rings is 3. The second kappa shape index (κ2) is 11.3. The first kappa shape index (κ1) is 27.7. The molecule has 2 heterocycles. The number of hydrogen-bond donors (Lipinski definition) is 1. The number of halogens is 4. The molecule has 1 fully saturated rings. The number of aliphatic imine (C=N–C) groups is 1. The van der Waals surface area contributed by atoms with Gasteiger partial charge in [-0.1, -0.05) is 12.1 Å². The van der Waals surface area contributed by atoms with E-state index >= 15 is 0 Å². The number of rotatable bonds is 5. The highest BCUT2D eigenvalue weighted by Crippen LogP contribution is 2.36. The quantitative estimate of drug-likeness (QED) is 0.207. The van der Waals surface area contributed by atoms with Crippen molar-refractivity contribution in [2.24, 2.45) is 10.7 Å². The van der Waals surface area contributed by atoms with E-state index in [1.54, 1.807) is 0 Å². The number of aromatic nitrogens is 1. The number of hydrogen-bond acceptors (Lipinski definition) is 4. The third-order valence-electron chi connectivity index (χ3n) is 6.74. The molecule has 12 heteroatoms. The Morgan fingerprint density at radius 2 is 1.63 bits per heavy atom. The van der Waals surface area contributed by atoms with Crippen molar-refractivity contribution in [1.29, 1.82) is 0 Å². The number of nitrogens with zero attached hydrogens (tertiary/aromatic N) is 5. The Kier molecular flexibility index (Phi) is 7.66. The van der Waals surface area contributed by atoms with Crippen molar-refractivity contribution >= 4 is 40.6 Å². The number of fused-ring (bicyclic) bond motifs is 1. The van der Waals surface area contributed by atoms with E-state index in [0.717, 1.165) is 43.4 Å². The SMILES string of the molecule is CN1CCN(C=NC(=O)c2ccc3c(-c4ccc(F)cc4F)nc(N(C(N)=O)c4c(F)cccc4F)cc3c2)CC1. The molecule has 3 amide bonds. The lowest BCUT2D eigenvalue weighted by molar-refractivity contribution is 0.100. The van der Waals surface area contributed by atoms with E-state index < -0.39 is 40.9 Å². The molecule has 5 rings (SSSR count). The van der Waals surface area contributed by atoms with Crippen molar-refractivity contribution in [2.75, 3.05) is 38.1 Å². The molecule has 1 aliphatic rings. The fourth-order valence-electron chi connectivity index (χ4n) is 4.56. The average molecular weight is 565 g/mol. The number of primary amides is 1. The minimum atomic E-state index is -1.27. The molecular weight excluding hydrogens is 540 g/mol. The summed E-state index contributed by atoms with van der Waals surface area (Å²) in [5.41, 5.74) is 4.68. The van der Waals surface area contributed by atoms with E-state index in [9.17, 15) is 27.2 Å². The summed E-state index contributed by atoms with van der Waals surface area (Å²) < 4.78 is 58.1. The summed E-state index contributed by atoms with van der Waals surface area (Å²) in [5.74, 6) is -4.89. The maximum atomic E-state index is 14.9. The van der Waals surface area contributed by atoms with Gasteiger partial charge in [-0.25, -0.2) is 32.2 Å². The summed E-state index contributed by atoms with van der Waals surface area (Å²) in [6, 6.07) is 10.2. The molecular formula is C29H24F4N6O2. The molecule has 0 saturated carbocycles. The molecule has 2 N–H and O–H groups in total. The van der Waals surface area contributed by atoms with Crippen molar-refractivity contribution in [1.82, 2.24) is 14.8 Å². The van der Waals surface area contributed by atoms with Gasteiger partial charge >= 0.3 is 6.03 Å². The Hall–Kier alpha value is -4.84. The maximum Gasteiger partial charge on any atom is 0.325 e. The van der Waals surface area contributed by atoms with E-state index in [2.05, 4.69) is 14.9 Å². The molecule has 0 radical (unpaired) electrons. The van der Waals surface area contributed by atoms with Crippen LogP contribution in [0.3, 0.4) is 0 Å². The van der Waals surface area contributed by atoms with Crippen LogP contribution >= 0.6 is 0 Å². The highest BCUT2D eigenvalue weighted by Gasteiger charge is 2.26. The van der Waals surface area contributed by atoms with Crippen LogP contribution in [-0.2, 0) is 0 Å². The van der Waals surface area contributed by atoms with Crippen molar-refractivity contribution in [3.05, 3.63) is 89.5 Å². The molecule has 210 valence electrons. The third kappa shape index (κ3) is 5.73. The zero-order valence-corrected chi connectivity index (χ0v) is 21.8. The summed E-state index contributed by atoms with van der Waals surface area (Å²) in [6.45, 7) is 3.08. The van der Waals surface area contributed by atoms with Gasteiger partial charge in [0.15, 0.2) is 0 Å². The van der Waals surface area contributed by atoms with Gasteiger partial charge in [0, 0.05) is 48.8 Å². The summed E-state index contributed by atoms with van der Waals surface area (Å²) >= 11 is 0. The van der Waals surface area contributed by atoms with Crippen LogP contribution < -0.4 is 10.6 Å². The molecule has 41 heavy (non-hydrogen) atoms. The highest BCUT2D eigenvalue weighted by molar-refractivity contribution is 6.06. The number of likely N-dealkylation sites (N-methyl/N-ethyl adjacent to an activating group) is 1. The number of para-hydroxylation sites is 1. The fourth-order valence-corrected chi connectivity index (χ4v) is 4.56. The van der Waals surface area contributed by atoms with Gasteiger partial charge in [-0.3, -0.25) is 4.79 Å². The van der Waals surface area contributed by atoms with Crippen LogP contribution in [0.4, 0.5) is 33.9 Å². The Bertz CT molecular complexity index is 1670. The van der Waals surface area contributed by atoms with Crippen LogP contribution in [0.5, 0.6) is 0 Å². The molecule has 8 nitrogen and oxygen atoms in total. The van der Waals surface area contributed by atoms with Gasteiger partial charge in [-0.2, -0.15) is 4.99 Å². The Morgan fingerprint density at radius 1 is 0.927 bits per heavy atom. The predicted molar refractivity (Wildman–Crippen MR) is 147 cm³/mol. The minimum Gasteiger partial charge on any atom is -0.360 e. The van der Waals surface area contributed by atoms with Gasteiger partial charge in [0.05, 0.1) is 12.0 Å². The van der Waals surface area contributed by atoms with Gasteiger partial charge in [0.2, 0.25) is 0 Å². The number of carbonyl (C=O) groups is 2. The Labute approximate surface area is 232 Å². The van der Waals surface area contributed by atoms with E-state index in [-0.39, 0.29) is 28.0 Å². The molecule has 0 unspecified atom stereocenters. The topological polar surface area (TPSA) is 95.1 Å². The number of urea groups is 1. The van der Waals surface area contributed by atoms with Gasteiger partial charge in [-0.05, 0) is 54.9 Å². The molecule has 0 bridgehead atoms. The van der Waals surface area contributed by atoms with Crippen LogP contribution in [0, 0.1) is 23.3 Å². The second-order valence-corrected chi connectivity index (χ2v) is 9.52. The smallest absolute Gasteiger partial charge is 0.325 e. The Morgan fingerprint density at radius 3 is 2.29 bits per heavy atom. The fraction of sp³-hybridized carbons (Fsp3) is 0.172. The lowest BCUT2D eigenvalue weighted by Gasteiger charge is -2.30. The first-order valence-corrected chi connectivity index (χ1v) is 12.6. The minimum absolute atomic E-state index is 0.0714. The Balaban J connectivity index is 1.65. The van der Waals surface area contributed by atoms with Crippen LogP contribution in [-0.4, -0.2) is 66.3 Å². The normalized spacial score (nSPS) is 14.1. The molecule has 0 spiro atoms. The number of nitrogens with two attached hydrogens (primary N) is 1. The first-order chi connectivity index (χ1) is 19.6. The van der Waals surface area contributed by atoms with Crippen molar-refractivity contribution in [2.45, 2.75) is 0 Å². The molecule has 3 aromatic carbocycles. The van der Waals surface area contributed by atoms with Crippen LogP contribution in [0.25, 0.3) is 22.0 Å². The average Bonchev–Trinajstić information content (AvgIpc) is 2.93. The standard InChI is InChI=1S/C29H24F4N6O2/c1-37-9-11-38(12-10-37)16-35-28(40)17-5-7-20-18(13-17)14-25(36-26(20)21-8-6-19(30)15-24(21)33)39(29(34)41)27-22(31)3-2-4-23(27)32/h2-8,13-16H,9-12H2,1H3,(H2,34,41). The highest BCUT2D eigenvalue weighted by atomic mass is 19.1. The first-order valence-electron chi connectivity index (χ1n) is 12.6. The van der Waals surface area contributed by atoms with Gasteiger partial charge in [0.25, 0.3) is 5.91 Å². The largest absolute Gasteiger partial charge is 0.360 e. The molecule has 4 aromatic rings. The van der Waals surface area contributed by atoms with E-state index in [4.69, 9.17) is 5.73 Å². The number of pyridine rings is 1. The number of piperazine rings is 1. The molecule has 1 saturated heterocycles. The number of amides is 3. The summed E-state index contributed by atoms with van der Waals surface area (Å²) in [7, 11) is 2.00. The van der Waals surface area contributed by atoms with Crippen molar-refractivity contribution in [3.8, 4) is 11.3 Å². The van der Waals surface area contributed by atoms with Crippen LogP contribution in [0.2, 0.25) is 0 Å². The van der Waals surface area contributed by atoms with Gasteiger partial charge < -0.3 is 15.5 Å². The summed E-state index contributed by atoms with van der Waals surface area (Å²) in [6.07, 6.45) is 1.48. The molecule has 1 aromatic heterocycles. The molecule has 0 aliphatic carbocycles. The van der Waals surface area contributed by atoms with E-state index in [1.807, 2.05) is 11.9 Å². The third-order valence-corrected chi connectivity index (χ3v) is 6.74. The summed E-state index contributed by atoms with van der Waals surface area (Å²) in [5, 5.41) is 0.578. The predicted octanol–water partition coefficient (Wildman–Crippen LogP) is 5.09. The molecule has 1 aliphatic heterocycles. The number of carbonyl (C=O) groups excluding carboxylic acids is 2. The number of anilines is 2. The zero-order chi connectivity index (χ0) is 29.3.